The number of carbonyl (C=O) groups excluding carboxylic acids is 2. The summed E-state index contributed by atoms with van der Waals surface area (Å²) in [7, 11) is 0. The van der Waals surface area contributed by atoms with Crippen molar-refractivity contribution in [2.24, 2.45) is 11.1 Å². The highest BCUT2D eigenvalue weighted by Gasteiger charge is 2.44. The van der Waals surface area contributed by atoms with Gasteiger partial charge >= 0.3 is 0 Å². The molecule has 1 unspecified atom stereocenters. The number of carbonyl (C=O) groups is 2. The first kappa shape index (κ1) is 21.6. The molecule has 0 saturated heterocycles. The molecule has 8 heteroatoms. The second-order valence-electron chi connectivity index (χ2n) is 8.71. The average Bonchev–Trinajstić information content (AvgIpc) is 2.75. The molecule has 0 saturated carbocycles. The number of hydrazine groups is 1. The van der Waals surface area contributed by atoms with E-state index in [2.05, 4.69) is 16.5 Å². The van der Waals surface area contributed by atoms with Crippen molar-refractivity contribution in [3.63, 3.8) is 0 Å². The zero-order valence-corrected chi connectivity index (χ0v) is 18.5. The van der Waals surface area contributed by atoms with E-state index in [0.29, 0.717) is 40.3 Å². The third-order valence-electron chi connectivity index (χ3n) is 5.72. The summed E-state index contributed by atoms with van der Waals surface area (Å²) in [5.74, 6) is -1.04. The van der Waals surface area contributed by atoms with Gasteiger partial charge in [-0.3, -0.25) is 20.0 Å². The summed E-state index contributed by atoms with van der Waals surface area (Å²) in [6.45, 7) is 3.99. The third kappa shape index (κ3) is 3.85. The van der Waals surface area contributed by atoms with Gasteiger partial charge in [-0.15, -0.1) is 0 Å². The van der Waals surface area contributed by atoms with Gasteiger partial charge in [-0.05, 0) is 47.7 Å². The van der Waals surface area contributed by atoms with Crippen LogP contribution in [0.2, 0.25) is 5.02 Å². The quantitative estimate of drug-likeness (QED) is 0.739. The number of nitriles is 1. The van der Waals surface area contributed by atoms with E-state index >= 15 is 0 Å². The number of pyridine rings is 1. The Kier molecular flexibility index (Phi) is 5.49. The number of nitrogens with one attached hydrogen (secondary N) is 1. The molecule has 2 aromatic rings. The molecule has 2 aliphatic rings. The Morgan fingerprint density at radius 1 is 1.28 bits per heavy atom. The molecule has 0 fully saturated rings. The molecule has 1 amide bonds. The van der Waals surface area contributed by atoms with Crippen LogP contribution in [0.25, 0.3) is 0 Å². The Morgan fingerprint density at radius 2 is 2.00 bits per heavy atom. The van der Waals surface area contributed by atoms with Crippen molar-refractivity contribution >= 4 is 23.3 Å². The van der Waals surface area contributed by atoms with Crippen molar-refractivity contribution in [3.05, 3.63) is 87.6 Å². The molecule has 0 bridgehead atoms. The first-order valence-electron chi connectivity index (χ1n) is 10.1. The number of halogens is 1. The summed E-state index contributed by atoms with van der Waals surface area (Å²) in [6, 6.07) is 12.2. The van der Waals surface area contributed by atoms with E-state index in [0.717, 1.165) is 0 Å². The van der Waals surface area contributed by atoms with E-state index in [4.69, 9.17) is 17.3 Å². The number of rotatable bonds is 3. The summed E-state index contributed by atoms with van der Waals surface area (Å²) in [6.07, 6.45) is 4.10. The molecule has 1 aliphatic carbocycles. The molecule has 0 spiro atoms. The molecule has 3 N–H and O–H groups in total. The Bertz CT molecular complexity index is 1190. The van der Waals surface area contributed by atoms with E-state index < -0.39 is 11.8 Å². The number of aromatic nitrogens is 1. The lowest BCUT2D eigenvalue weighted by atomic mass is 9.69. The Labute approximate surface area is 191 Å². The number of ketones is 1. The zero-order valence-electron chi connectivity index (χ0n) is 17.7. The van der Waals surface area contributed by atoms with E-state index in [1.165, 1.54) is 5.01 Å². The van der Waals surface area contributed by atoms with Gasteiger partial charge in [-0.1, -0.05) is 31.5 Å². The summed E-state index contributed by atoms with van der Waals surface area (Å²) < 4.78 is 0. The smallest absolute Gasteiger partial charge is 0.270 e. The van der Waals surface area contributed by atoms with Gasteiger partial charge in [0, 0.05) is 35.0 Å². The van der Waals surface area contributed by atoms with Crippen molar-refractivity contribution in [2.45, 2.75) is 32.6 Å². The Balaban J connectivity index is 1.84. The summed E-state index contributed by atoms with van der Waals surface area (Å²) in [5.41, 5.74) is 11.2. The van der Waals surface area contributed by atoms with Crippen molar-refractivity contribution in [1.82, 2.24) is 15.4 Å². The number of allylic oxidation sites excluding steroid dienone is 3. The van der Waals surface area contributed by atoms with Crippen molar-refractivity contribution in [1.29, 1.82) is 5.26 Å². The fourth-order valence-corrected chi connectivity index (χ4v) is 4.41. The Hall–Kier alpha value is -3.63. The van der Waals surface area contributed by atoms with E-state index in [9.17, 15) is 14.9 Å². The largest absolute Gasteiger partial charge is 0.383 e. The standard InChI is InChI=1S/C24H22ClN5O2/c1-24(2)10-18-21(19(31)11-24)20(15-4-3-9-28-13-15)17(12-26)22(27)30(18)29-23(32)14-5-7-16(25)8-6-14/h3-9,13,20H,10-11,27H2,1-2H3,(H,29,32). The van der Waals surface area contributed by atoms with Crippen molar-refractivity contribution in [3.8, 4) is 6.07 Å². The maximum absolute atomic E-state index is 13.3. The van der Waals surface area contributed by atoms with Crippen molar-refractivity contribution in [2.75, 3.05) is 0 Å². The minimum atomic E-state index is -0.629. The van der Waals surface area contributed by atoms with Gasteiger partial charge in [0.2, 0.25) is 0 Å². The molecule has 0 radical (unpaired) electrons. The lowest BCUT2D eigenvalue weighted by Gasteiger charge is -2.43. The molecule has 1 aromatic carbocycles. The minimum Gasteiger partial charge on any atom is -0.383 e. The number of Topliss-reactive ketones (excluding diaryl/α,β-unsaturated/α-hetero) is 1. The van der Waals surface area contributed by atoms with Crippen LogP contribution in [0.3, 0.4) is 0 Å². The van der Waals surface area contributed by atoms with Gasteiger partial charge < -0.3 is 5.73 Å². The maximum Gasteiger partial charge on any atom is 0.270 e. The van der Waals surface area contributed by atoms with Crippen LogP contribution in [-0.4, -0.2) is 21.7 Å². The minimum absolute atomic E-state index is 0.0731. The van der Waals surface area contributed by atoms with Crippen LogP contribution in [-0.2, 0) is 4.79 Å². The monoisotopic (exact) mass is 447 g/mol. The highest BCUT2D eigenvalue weighted by Crippen LogP contribution is 2.48. The maximum atomic E-state index is 13.3. The lowest BCUT2D eigenvalue weighted by molar-refractivity contribution is -0.118. The van der Waals surface area contributed by atoms with Crippen LogP contribution in [0, 0.1) is 16.7 Å². The van der Waals surface area contributed by atoms with Gasteiger partial charge in [-0.2, -0.15) is 5.26 Å². The van der Waals surface area contributed by atoms with Crippen LogP contribution < -0.4 is 11.2 Å². The second-order valence-corrected chi connectivity index (χ2v) is 9.15. The molecule has 7 nitrogen and oxygen atoms in total. The number of nitrogens with zero attached hydrogens (tertiary/aromatic N) is 3. The van der Waals surface area contributed by atoms with Crippen LogP contribution in [0.5, 0.6) is 0 Å². The van der Waals surface area contributed by atoms with Gasteiger partial charge in [0.05, 0.1) is 23.3 Å². The highest BCUT2D eigenvalue weighted by molar-refractivity contribution is 6.30. The molecule has 1 atom stereocenters. The summed E-state index contributed by atoms with van der Waals surface area (Å²) in [4.78, 5) is 30.4. The average molecular weight is 448 g/mol. The fraction of sp³-hybridized carbons (Fsp3) is 0.250. The fourth-order valence-electron chi connectivity index (χ4n) is 4.28. The number of benzene rings is 1. The lowest BCUT2D eigenvalue weighted by Crippen LogP contribution is -2.49. The second kappa shape index (κ2) is 8.13. The van der Waals surface area contributed by atoms with Gasteiger partial charge in [0.1, 0.15) is 5.82 Å². The molecular weight excluding hydrogens is 426 g/mol. The molecular formula is C24H22ClN5O2. The predicted octanol–water partition coefficient (Wildman–Crippen LogP) is 3.82. The summed E-state index contributed by atoms with van der Waals surface area (Å²) in [5, 5.41) is 11.9. The molecule has 32 heavy (non-hydrogen) atoms. The van der Waals surface area contributed by atoms with Crippen LogP contribution in [0.1, 0.15) is 48.5 Å². The van der Waals surface area contributed by atoms with Gasteiger partial charge in [0.25, 0.3) is 5.91 Å². The van der Waals surface area contributed by atoms with Crippen LogP contribution in [0.4, 0.5) is 0 Å². The molecule has 4 rings (SSSR count). The van der Waals surface area contributed by atoms with Crippen LogP contribution in [0.15, 0.2) is 71.5 Å². The Morgan fingerprint density at radius 3 is 2.62 bits per heavy atom. The number of nitrogens with two attached hydrogens (primary N) is 1. The predicted molar refractivity (Wildman–Crippen MR) is 120 cm³/mol. The number of hydrogen-bond acceptors (Lipinski definition) is 6. The number of amides is 1. The topological polar surface area (TPSA) is 112 Å². The van der Waals surface area contributed by atoms with E-state index in [1.807, 2.05) is 19.9 Å². The first-order chi connectivity index (χ1) is 15.2. The SMILES string of the molecule is CC1(C)CC(=O)C2=C(C1)N(NC(=O)c1ccc(Cl)cc1)C(N)=C(C#N)C2c1cccnc1. The number of hydrogen-bond donors (Lipinski definition) is 2. The molecule has 1 aliphatic heterocycles. The molecule has 1 aromatic heterocycles. The van der Waals surface area contributed by atoms with E-state index in [1.54, 1.807) is 42.7 Å². The van der Waals surface area contributed by atoms with Gasteiger partial charge in [-0.25, -0.2) is 5.01 Å². The summed E-state index contributed by atoms with van der Waals surface area (Å²) >= 11 is 5.93. The van der Waals surface area contributed by atoms with Crippen LogP contribution >= 0.6 is 11.6 Å². The molecule has 2 heterocycles. The van der Waals surface area contributed by atoms with E-state index in [-0.39, 0.29) is 22.6 Å². The zero-order chi connectivity index (χ0) is 23.0. The highest BCUT2D eigenvalue weighted by atomic mass is 35.5. The normalized spacial score (nSPS) is 20.0. The third-order valence-corrected chi connectivity index (χ3v) is 5.97. The molecule has 162 valence electrons. The van der Waals surface area contributed by atoms with Gasteiger partial charge in [0.15, 0.2) is 5.78 Å². The van der Waals surface area contributed by atoms with Crippen molar-refractivity contribution < 1.29 is 9.59 Å². The first-order valence-corrected chi connectivity index (χ1v) is 10.5.